The summed E-state index contributed by atoms with van der Waals surface area (Å²) in [5, 5.41) is 3.62. The van der Waals surface area contributed by atoms with Gasteiger partial charge in [0.25, 0.3) is 0 Å². The molecule has 2 aliphatic rings. The number of hydrogen-bond donors (Lipinski definition) is 1. The highest BCUT2D eigenvalue weighted by Crippen LogP contribution is 2.24. The summed E-state index contributed by atoms with van der Waals surface area (Å²) in [5.41, 5.74) is 0. The average molecular weight is 261 g/mol. The van der Waals surface area contributed by atoms with Crippen LogP contribution in [0.25, 0.3) is 0 Å². The third-order valence-electron chi connectivity index (χ3n) is 4.12. The molecular formula is C14H29ClN2. The van der Waals surface area contributed by atoms with Gasteiger partial charge in [-0.15, -0.1) is 12.4 Å². The lowest BCUT2D eigenvalue weighted by atomic mass is 9.98. The van der Waals surface area contributed by atoms with Gasteiger partial charge in [0.1, 0.15) is 0 Å². The highest BCUT2D eigenvalue weighted by Gasteiger charge is 2.23. The summed E-state index contributed by atoms with van der Waals surface area (Å²) >= 11 is 0. The van der Waals surface area contributed by atoms with Crippen molar-refractivity contribution >= 4 is 12.4 Å². The van der Waals surface area contributed by atoms with Crippen molar-refractivity contribution in [2.24, 2.45) is 5.92 Å². The van der Waals surface area contributed by atoms with Gasteiger partial charge in [-0.3, -0.25) is 4.90 Å². The third kappa shape index (κ3) is 5.15. The molecule has 2 fully saturated rings. The quantitative estimate of drug-likeness (QED) is 0.768. The fourth-order valence-electron chi connectivity index (χ4n) is 3.50. The van der Waals surface area contributed by atoms with E-state index in [0.717, 1.165) is 5.92 Å². The molecule has 1 saturated carbocycles. The molecule has 1 N–H and O–H groups in total. The minimum atomic E-state index is 0. The summed E-state index contributed by atoms with van der Waals surface area (Å²) in [5.74, 6) is 0.986. The Morgan fingerprint density at radius 3 is 2.00 bits per heavy atom. The smallest absolute Gasteiger partial charge is 0.0169 e. The third-order valence-corrected chi connectivity index (χ3v) is 4.12. The van der Waals surface area contributed by atoms with Gasteiger partial charge in [-0.05, 0) is 32.6 Å². The molecular weight excluding hydrogens is 232 g/mol. The zero-order valence-corrected chi connectivity index (χ0v) is 12.3. The number of nitrogens with zero attached hydrogens (tertiary/aromatic N) is 1. The largest absolute Gasteiger partial charge is 0.309 e. The number of piperazine rings is 1. The van der Waals surface area contributed by atoms with Crippen LogP contribution in [-0.4, -0.2) is 36.6 Å². The number of halogens is 1. The molecule has 0 aromatic carbocycles. The van der Waals surface area contributed by atoms with E-state index in [1.54, 1.807) is 0 Å². The minimum Gasteiger partial charge on any atom is -0.309 e. The first-order valence-corrected chi connectivity index (χ1v) is 7.22. The van der Waals surface area contributed by atoms with E-state index in [2.05, 4.69) is 24.1 Å². The lowest BCUT2D eigenvalue weighted by Gasteiger charge is -2.37. The molecule has 1 heterocycles. The SMILES string of the molecule is CC1CN(CC2CCCCCC2)CC(C)N1.Cl. The predicted octanol–water partition coefficient (Wildman–Crippen LogP) is 3.06. The van der Waals surface area contributed by atoms with Gasteiger partial charge in [0.15, 0.2) is 0 Å². The van der Waals surface area contributed by atoms with Gasteiger partial charge >= 0.3 is 0 Å². The van der Waals surface area contributed by atoms with Crippen molar-refractivity contribution in [3.05, 3.63) is 0 Å². The predicted molar refractivity (Wildman–Crippen MR) is 76.9 cm³/mol. The van der Waals surface area contributed by atoms with E-state index in [1.165, 1.54) is 58.2 Å². The van der Waals surface area contributed by atoms with E-state index in [4.69, 9.17) is 0 Å². The van der Waals surface area contributed by atoms with E-state index >= 15 is 0 Å². The molecule has 2 unspecified atom stereocenters. The van der Waals surface area contributed by atoms with Crippen LogP contribution < -0.4 is 5.32 Å². The number of hydrogen-bond acceptors (Lipinski definition) is 2. The Kier molecular flexibility index (Phi) is 6.83. The molecule has 2 rings (SSSR count). The second-order valence-electron chi connectivity index (χ2n) is 6.04. The zero-order chi connectivity index (χ0) is 11.4. The van der Waals surface area contributed by atoms with Crippen LogP contribution in [0.3, 0.4) is 0 Å². The Morgan fingerprint density at radius 1 is 0.941 bits per heavy atom. The fraction of sp³-hybridized carbons (Fsp3) is 1.00. The second kappa shape index (κ2) is 7.60. The Hall–Kier alpha value is 0.210. The Bertz CT molecular complexity index is 192. The molecule has 0 radical (unpaired) electrons. The normalized spacial score (nSPS) is 32.8. The van der Waals surface area contributed by atoms with E-state index in [1.807, 2.05) is 0 Å². The van der Waals surface area contributed by atoms with Gasteiger partial charge < -0.3 is 5.32 Å². The topological polar surface area (TPSA) is 15.3 Å². The zero-order valence-electron chi connectivity index (χ0n) is 11.5. The van der Waals surface area contributed by atoms with Crippen molar-refractivity contribution < 1.29 is 0 Å². The summed E-state index contributed by atoms with van der Waals surface area (Å²) < 4.78 is 0. The summed E-state index contributed by atoms with van der Waals surface area (Å²) in [6.07, 6.45) is 8.86. The molecule has 0 aromatic rings. The van der Waals surface area contributed by atoms with Crippen LogP contribution in [0.15, 0.2) is 0 Å². The molecule has 1 aliphatic heterocycles. The molecule has 17 heavy (non-hydrogen) atoms. The number of rotatable bonds is 2. The van der Waals surface area contributed by atoms with Crippen molar-refractivity contribution in [3.63, 3.8) is 0 Å². The van der Waals surface area contributed by atoms with Crippen LogP contribution in [0.5, 0.6) is 0 Å². The highest BCUT2D eigenvalue weighted by atomic mass is 35.5. The van der Waals surface area contributed by atoms with Gasteiger partial charge in [-0.25, -0.2) is 0 Å². The van der Waals surface area contributed by atoms with Gasteiger partial charge in [-0.1, -0.05) is 25.7 Å². The number of nitrogens with one attached hydrogen (secondary N) is 1. The van der Waals surface area contributed by atoms with Gasteiger partial charge in [0, 0.05) is 31.7 Å². The Labute approximate surface area is 113 Å². The molecule has 102 valence electrons. The van der Waals surface area contributed by atoms with E-state index in [9.17, 15) is 0 Å². The Balaban J connectivity index is 0.00000144. The summed E-state index contributed by atoms with van der Waals surface area (Å²) in [6.45, 7) is 8.49. The molecule has 0 spiro atoms. The fourth-order valence-corrected chi connectivity index (χ4v) is 3.50. The van der Waals surface area contributed by atoms with Crippen molar-refractivity contribution in [1.29, 1.82) is 0 Å². The first-order chi connectivity index (χ1) is 7.74. The van der Waals surface area contributed by atoms with Crippen molar-refractivity contribution in [2.45, 2.75) is 64.5 Å². The van der Waals surface area contributed by atoms with E-state index in [-0.39, 0.29) is 12.4 Å². The van der Waals surface area contributed by atoms with Crippen LogP contribution in [0, 0.1) is 5.92 Å². The first kappa shape index (κ1) is 15.3. The van der Waals surface area contributed by atoms with E-state index < -0.39 is 0 Å². The standard InChI is InChI=1S/C14H28N2.ClH/c1-12-9-16(10-13(2)15-12)11-14-7-5-3-4-6-8-14;/h12-15H,3-11H2,1-2H3;1H. The summed E-state index contributed by atoms with van der Waals surface area (Å²) in [6, 6.07) is 1.35. The maximum atomic E-state index is 3.62. The maximum Gasteiger partial charge on any atom is 0.0169 e. The molecule has 2 atom stereocenters. The first-order valence-electron chi connectivity index (χ1n) is 7.22. The van der Waals surface area contributed by atoms with Crippen molar-refractivity contribution in [2.75, 3.05) is 19.6 Å². The lowest BCUT2D eigenvalue weighted by molar-refractivity contribution is 0.145. The average Bonchev–Trinajstić information content (AvgIpc) is 2.44. The van der Waals surface area contributed by atoms with Crippen molar-refractivity contribution in [1.82, 2.24) is 10.2 Å². The van der Waals surface area contributed by atoms with Crippen LogP contribution in [0.1, 0.15) is 52.4 Å². The van der Waals surface area contributed by atoms with Crippen LogP contribution >= 0.6 is 12.4 Å². The van der Waals surface area contributed by atoms with Gasteiger partial charge in [-0.2, -0.15) is 0 Å². The van der Waals surface area contributed by atoms with Gasteiger partial charge in [0.05, 0.1) is 0 Å². The molecule has 0 amide bonds. The van der Waals surface area contributed by atoms with Crippen LogP contribution in [-0.2, 0) is 0 Å². The monoisotopic (exact) mass is 260 g/mol. The maximum absolute atomic E-state index is 3.62. The Morgan fingerprint density at radius 2 is 1.47 bits per heavy atom. The van der Waals surface area contributed by atoms with Crippen LogP contribution in [0.4, 0.5) is 0 Å². The van der Waals surface area contributed by atoms with E-state index in [0.29, 0.717) is 12.1 Å². The molecule has 3 heteroatoms. The molecule has 0 bridgehead atoms. The van der Waals surface area contributed by atoms with Gasteiger partial charge in [0.2, 0.25) is 0 Å². The molecule has 1 saturated heterocycles. The molecule has 0 aromatic heterocycles. The van der Waals surface area contributed by atoms with Crippen molar-refractivity contribution in [3.8, 4) is 0 Å². The highest BCUT2D eigenvalue weighted by molar-refractivity contribution is 5.85. The molecule has 1 aliphatic carbocycles. The summed E-state index contributed by atoms with van der Waals surface area (Å²) in [4.78, 5) is 2.70. The second-order valence-corrected chi connectivity index (χ2v) is 6.04. The molecule has 2 nitrogen and oxygen atoms in total. The minimum absolute atomic E-state index is 0. The summed E-state index contributed by atoms with van der Waals surface area (Å²) in [7, 11) is 0. The van der Waals surface area contributed by atoms with Crippen LogP contribution in [0.2, 0.25) is 0 Å². The lowest BCUT2D eigenvalue weighted by Crippen LogP contribution is -2.55.